The van der Waals surface area contributed by atoms with Gasteiger partial charge in [0.05, 0.1) is 33.6 Å². The number of rotatable bonds is 0. The number of halogens is 1. The molecule has 0 fully saturated rings. The van der Waals surface area contributed by atoms with Gasteiger partial charge in [-0.2, -0.15) is 0 Å². The summed E-state index contributed by atoms with van der Waals surface area (Å²) in [6, 6.07) is 5.50. The van der Waals surface area contributed by atoms with Gasteiger partial charge in [-0.25, -0.2) is 8.99 Å². The highest BCUT2D eigenvalue weighted by atomic mass is 79.9. The van der Waals surface area contributed by atoms with Crippen LogP contribution >= 0.6 is 15.9 Å². The Morgan fingerprint density at radius 2 is 2.29 bits per heavy atom. The van der Waals surface area contributed by atoms with Crippen molar-refractivity contribution in [3.63, 3.8) is 0 Å². The lowest BCUT2D eigenvalue weighted by Crippen LogP contribution is -2.07. The Morgan fingerprint density at radius 3 is 3.07 bits per heavy atom. The molecule has 1 atom stereocenters. The highest BCUT2D eigenvalue weighted by molar-refractivity contribution is 9.10. The third-order valence-corrected chi connectivity index (χ3v) is 4.48. The van der Waals surface area contributed by atoms with Crippen molar-refractivity contribution in [3.8, 4) is 0 Å². The number of benzene rings is 1. The van der Waals surface area contributed by atoms with Crippen molar-refractivity contribution < 1.29 is 8.95 Å². The molecule has 14 heavy (non-hydrogen) atoms. The zero-order chi connectivity index (χ0) is 10.2. The molecule has 0 amide bonds. The maximum atomic E-state index is 12.0. The molecule has 0 radical (unpaired) electrons. The average molecular weight is 276 g/mol. The molecule has 1 N–H and O–H groups in total. The predicted molar refractivity (Wildman–Crippen MR) is 57.8 cm³/mol. The Morgan fingerprint density at radius 1 is 1.50 bits per heavy atom. The van der Waals surface area contributed by atoms with Crippen LogP contribution in [0, 0.1) is 4.78 Å². The summed E-state index contributed by atoms with van der Waals surface area (Å²) in [4.78, 5) is 0.615. The number of fused-ring (bicyclic) bond motifs is 1. The van der Waals surface area contributed by atoms with E-state index in [4.69, 9.17) is 9.52 Å². The van der Waals surface area contributed by atoms with E-state index in [1.165, 1.54) is 0 Å². The van der Waals surface area contributed by atoms with E-state index in [0.29, 0.717) is 18.1 Å². The quantitative estimate of drug-likeness (QED) is 0.791. The number of ether oxygens (including phenoxy) is 1. The summed E-state index contributed by atoms with van der Waals surface area (Å²) in [6.45, 7) is 0.854. The second-order valence-corrected chi connectivity index (χ2v) is 6.30. The lowest BCUT2D eigenvalue weighted by molar-refractivity contribution is 0.136. The van der Waals surface area contributed by atoms with Crippen LogP contribution in [-0.2, 0) is 21.1 Å². The third kappa shape index (κ3) is 1.85. The zero-order valence-electron chi connectivity index (χ0n) is 7.46. The highest BCUT2D eigenvalue weighted by Gasteiger charge is 2.18. The van der Waals surface area contributed by atoms with Crippen LogP contribution in [0.4, 0.5) is 0 Å². The molecule has 5 heteroatoms. The van der Waals surface area contributed by atoms with Gasteiger partial charge in [-0.3, -0.25) is 0 Å². The molecule has 0 spiro atoms. The number of nitrogens with one attached hydrogen (secondary N) is 1. The maximum absolute atomic E-state index is 12.0. The first kappa shape index (κ1) is 10.1. The van der Waals surface area contributed by atoms with Gasteiger partial charge in [0.1, 0.15) is 0 Å². The molecular weight excluding hydrogens is 266 g/mol. The fourth-order valence-electron chi connectivity index (χ4n) is 1.42. The van der Waals surface area contributed by atoms with Gasteiger partial charge in [-0.05, 0) is 17.7 Å². The Balaban J connectivity index is 2.64. The van der Waals surface area contributed by atoms with Gasteiger partial charge in [0.15, 0.2) is 0 Å². The fourth-order valence-corrected chi connectivity index (χ4v) is 3.38. The summed E-state index contributed by atoms with van der Waals surface area (Å²) >= 11 is 3.32. The van der Waals surface area contributed by atoms with E-state index in [1.807, 2.05) is 12.1 Å². The molecule has 1 aromatic carbocycles. The van der Waals surface area contributed by atoms with Gasteiger partial charge in [0.2, 0.25) is 0 Å². The highest BCUT2D eigenvalue weighted by Crippen LogP contribution is 2.25. The maximum Gasteiger partial charge on any atom is 0.0752 e. The summed E-state index contributed by atoms with van der Waals surface area (Å²) in [5.41, 5.74) is 0.866. The van der Waals surface area contributed by atoms with Crippen LogP contribution < -0.4 is 0 Å². The van der Waals surface area contributed by atoms with Crippen molar-refractivity contribution in [2.45, 2.75) is 11.5 Å². The molecule has 1 aliphatic heterocycles. The first-order valence-corrected chi connectivity index (χ1v) is 6.74. The molecule has 0 saturated carbocycles. The van der Waals surface area contributed by atoms with E-state index in [9.17, 15) is 4.21 Å². The molecule has 1 heterocycles. The molecule has 2 rings (SSSR count). The average Bonchev–Trinajstić information content (AvgIpc) is 2.26. The van der Waals surface area contributed by atoms with Crippen LogP contribution in [0.3, 0.4) is 0 Å². The van der Waals surface area contributed by atoms with Crippen LogP contribution in [-0.4, -0.2) is 16.6 Å². The molecule has 0 saturated heterocycles. The van der Waals surface area contributed by atoms with Crippen molar-refractivity contribution >= 4 is 25.7 Å². The van der Waals surface area contributed by atoms with Crippen LogP contribution in [0.15, 0.2) is 27.6 Å². The van der Waals surface area contributed by atoms with E-state index in [2.05, 4.69) is 15.9 Å². The molecule has 0 bridgehead atoms. The molecule has 76 valence electrons. The zero-order valence-corrected chi connectivity index (χ0v) is 9.86. The second kappa shape index (κ2) is 3.64. The van der Waals surface area contributed by atoms with Crippen molar-refractivity contribution in [2.24, 2.45) is 0 Å². The van der Waals surface area contributed by atoms with E-state index in [0.717, 1.165) is 10.0 Å². The summed E-state index contributed by atoms with van der Waals surface area (Å²) in [6.07, 6.45) is 0. The molecule has 1 aromatic rings. The second-order valence-electron chi connectivity index (χ2n) is 3.18. The summed E-state index contributed by atoms with van der Waals surface area (Å²) in [7, 11) is -2.66. The van der Waals surface area contributed by atoms with Crippen LogP contribution in [0.2, 0.25) is 0 Å². The Hall–Kier alpha value is -0.390. The minimum atomic E-state index is -2.66. The smallest absolute Gasteiger partial charge is 0.0752 e. The Bertz CT molecular complexity index is 456. The largest absolute Gasteiger partial charge is 0.376 e. The van der Waals surface area contributed by atoms with E-state index in [-0.39, 0.29) is 5.75 Å². The molecule has 0 aromatic heterocycles. The summed E-state index contributed by atoms with van der Waals surface area (Å²) in [5, 5.41) is 0. The monoisotopic (exact) mass is 275 g/mol. The van der Waals surface area contributed by atoms with Gasteiger partial charge in [0.25, 0.3) is 0 Å². The molecule has 1 aliphatic rings. The first-order valence-electron chi connectivity index (χ1n) is 4.22. The van der Waals surface area contributed by atoms with Gasteiger partial charge in [-0.1, -0.05) is 22.0 Å². The van der Waals surface area contributed by atoms with Gasteiger partial charge in [0, 0.05) is 4.47 Å². The summed E-state index contributed by atoms with van der Waals surface area (Å²) < 4.78 is 25.9. The van der Waals surface area contributed by atoms with E-state index in [1.54, 1.807) is 6.07 Å². The Kier molecular flexibility index (Phi) is 2.64. The lowest BCUT2D eigenvalue weighted by Gasteiger charge is -2.07. The molecule has 3 nitrogen and oxygen atoms in total. The molecule has 1 unspecified atom stereocenters. The van der Waals surface area contributed by atoms with Crippen molar-refractivity contribution in [2.75, 3.05) is 12.4 Å². The standard InChI is InChI=1S/C9H10BrNO2S/c10-8-2-1-7-6-13-3-4-14(11,12)9(7)5-8/h1-2,5,11H,3-4,6H2. The van der Waals surface area contributed by atoms with Gasteiger partial charge in [-0.15, -0.1) is 0 Å². The normalized spacial score (nSPS) is 26.6. The Labute approximate surface area is 91.6 Å². The predicted octanol–water partition coefficient (Wildman–Crippen LogP) is 2.38. The third-order valence-electron chi connectivity index (χ3n) is 2.16. The van der Waals surface area contributed by atoms with Crippen molar-refractivity contribution in [1.82, 2.24) is 0 Å². The molecular formula is C9H10BrNO2S. The fraction of sp³-hybridized carbons (Fsp3) is 0.333. The van der Waals surface area contributed by atoms with Crippen molar-refractivity contribution in [3.05, 3.63) is 28.2 Å². The topological polar surface area (TPSA) is 50.2 Å². The number of hydrogen-bond donors (Lipinski definition) is 1. The summed E-state index contributed by atoms with van der Waals surface area (Å²) in [5.74, 6) is 0.288. The van der Waals surface area contributed by atoms with E-state index >= 15 is 0 Å². The first-order chi connectivity index (χ1) is 6.59. The van der Waals surface area contributed by atoms with Crippen LogP contribution in [0.25, 0.3) is 0 Å². The lowest BCUT2D eigenvalue weighted by atomic mass is 10.2. The van der Waals surface area contributed by atoms with Crippen LogP contribution in [0.1, 0.15) is 5.56 Å². The van der Waals surface area contributed by atoms with Gasteiger partial charge >= 0.3 is 0 Å². The minimum absolute atomic E-state index is 0.288. The SMILES string of the molecule is N=S1(=O)CCOCc2ccc(Br)cc21. The van der Waals surface area contributed by atoms with Gasteiger partial charge < -0.3 is 4.74 Å². The minimum Gasteiger partial charge on any atom is -0.376 e. The van der Waals surface area contributed by atoms with Crippen molar-refractivity contribution in [1.29, 1.82) is 4.78 Å². The molecule has 0 aliphatic carbocycles. The van der Waals surface area contributed by atoms with Crippen LogP contribution in [0.5, 0.6) is 0 Å². The number of hydrogen-bond acceptors (Lipinski definition) is 3. The van der Waals surface area contributed by atoms with E-state index < -0.39 is 9.73 Å².